The SMILES string of the molecule is O=C(CC1CC1)N[C@H]1COC[C@H]1Cc1ccnc2ccccc12. The molecule has 2 aliphatic rings. The van der Waals surface area contributed by atoms with Gasteiger partial charge in [-0.25, -0.2) is 0 Å². The molecule has 1 aliphatic heterocycles. The third-order valence-electron chi connectivity index (χ3n) is 4.94. The highest BCUT2D eigenvalue weighted by Gasteiger charge is 2.32. The van der Waals surface area contributed by atoms with Gasteiger partial charge in [-0.3, -0.25) is 9.78 Å². The van der Waals surface area contributed by atoms with E-state index >= 15 is 0 Å². The minimum Gasteiger partial charge on any atom is -0.379 e. The number of amides is 1. The fourth-order valence-electron chi connectivity index (χ4n) is 3.42. The Kier molecular flexibility index (Phi) is 4.00. The van der Waals surface area contributed by atoms with E-state index in [1.54, 1.807) is 0 Å². The molecule has 0 bridgehead atoms. The number of fused-ring (bicyclic) bond motifs is 1. The van der Waals surface area contributed by atoms with Gasteiger partial charge in [0.05, 0.1) is 24.8 Å². The molecule has 4 rings (SSSR count). The lowest BCUT2D eigenvalue weighted by Crippen LogP contribution is -2.40. The zero-order valence-corrected chi connectivity index (χ0v) is 13.2. The van der Waals surface area contributed by atoms with E-state index in [4.69, 9.17) is 4.74 Å². The Balaban J connectivity index is 1.46. The molecule has 120 valence electrons. The Morgan fingerprint density at radius 3 is 2.96 bits per heavy atom. The number of hydrogen-bond donors (Lipinski definition) is 1. The van der Waals surface area contributed by atoms with Crippen molar-refractivity contribution >= 4 is 16.8 Å². The Labute approximate surface area is 136 Å². The summed E-state index contributed by atoms with van der Waals surface area (Å²) in [6.07, 6.45) is 5.88. The van der Waals surface area contributed by atoms with Gasteiger partial charge >= 0.3 is 0 Å². The summed E-state index contributed by atoms with van der Waals surface area (Å²) in [7, 11) is 0. The quantitative estimate of drug-likeness (QED) is 0.924. The van der Waals surface area contributed by atoms with Gasteiger partial charge in [0.1, 0.15) is 0 Å². The van der Waals surface area contributed by atoms with Gasteiger partial charge in [0.15, 0.2) is 0 Å². The second-order valence-corrected chi connectivity index (χ2v) is 6.81. The Morgan fingerprint density at radius 2 is 2.09 bits per heavy atom. The molecule has 1 aliphatic carbocycles. The summed E-state index contributed by atoms with van der Waals surface area (Å²) in [5.41, 5.74) is 2.31. The number of pyridine rings is 1. The minimum absolute atomic E-state index is 0.133. The molecule has 2 fully saturated rings. The van der Waals surface area contributed by atoms with Gasteiger partial charge in [0, 0.05) is 23.9 Å². The molecular formula is C19H22N2O2. The number of para-hydroxylation sites is 1. The van der Waals surface area contributed by atoms with Crippen molar-refractivity contribution in [1.82, 2.24) is 10.3 Å². The number of hydrogen-bond acceptors (Lipinski definition) is 3. The van der Waals surface area contributed by atoms with Gasteiger partial charge in [0.2, 0.25) is 5.91 Å². The van der Waals surface area contributed by atoms with E-state index in [2.05, 4.69) is 22.4 Å². The summed E-state index contributed by atoms with van der Waals surface area (Å²) >= 11 is 0. The van der Waals surface area contributed by atoms with E-state index < -0.39 is 0 Å². The van der Waals surface area contributed by atoms with Gasteiger partial charge in [-0.2, -0.15) is 0 Å². The molecule has 2 atom stereocenters. The van der Waals surface area contributed by atoms with Crippen LogP contribution in [-0.2, 0) is 16.0 Å². The molecule has 0 unspecified atom stereocenters. The molecule has 1 amide bonds. The summed E-state index contributed by atoms with van der Waals surface area (Å²) in [5.74, 6) is 1.15. The van der Waals surface area contributed by atoms with E-state index in [1.807, 2.05) is 24.4 Å². The average molecular weight is 310 g/mol. The molecule has 0 radical (unpaired) electrons. The fourth-order valence-corrected chi connectivity index (χ4v) is 3.42. The molecular weight excluding hydrogens is 288 g/mol. The maximum atomic E-state index is 12.1. The maximum absolute atomic E-state index is 12.1. The number of aromatic nitrogens is 1. The highest BCUT2D eigenvalue weighted by Crippen LogP contribution is 2.32. The van der Waals surface area contributed by atoms with Crippen LogP contribution in [0.5, 0.6) is 0 Å². The van der Waals surface area contributed by atoms with Crippen molar-refractivity contribution in [2.45, 2.75) is 31.7 Å². The van der Waals surface area contributed by atoms with Crippen LogP contribution in [0, 0.1) is 11.8 Å². The molecule has 0 spiro atoms. The molecule has 4 nitrogen and oxygen atoms in total. The zero-order chi connectivity index (χ0) is 15.6. The lowest BCUT2D eigenvalue weighted by atomic mass is 9.93. The van der Waals surface area contributed by atoms with Crippen molar-refractivity contribution in [1.29, 1.82) is 0 Å². The van der Waals surface area contributed by atoms with Crippen molar-refractivity contribution in [2.24, 2.45) is 11.8 Å². The number of nitrogens with one attached hydrogen (secondary N) is 1. The predicted octanol–water partition coefficient (Wildman–Crippen LogP) is 2.71. The predicted molar refractivity (Wildman–Crippen MR) is 89.0 cm³/mol. The summed E-state index contributed by atoms with van der Waals surface area (Å²) in [5, 5.41) is 4.39. The molecule has 2 heterocycles. The number of carbonyl (C=O) groups excluding carboxylic acids is 1. The van der Waals surface area contributed by atoms with Crippen LogP contribution in [0.1, 0.15) is 24.8 Å². The molecule has 1 aromatic heterocycles. The van der Waals surface area contributed by atoms with Gasteiger partial charge in [-0.05, 0) is 42.9 Å². The number of rotatable bonds is 5. The Hall–Kier alpha value is -1.94. The molecule has 1 aromatic carbocycles. The number of nitrogens with zero attached hydrogens (tertiary/aromatic N) is 1. The minimum atomic E-state index is 0.133. The van der Waals surface area contributed by atoms with Crippen molar-refractivity contribution in [3.8, 4) is 0 Å². The first-order valence-electron chi connectivity index (χ1n) is 8.49. The van der Waals surface area contributed by atoms with Crippen LogP contribution in [0.15, 0.2) is 36.5 Å². The van der Waals surface area contributed by atoms with E-state index in [0.717, 1.165) is 11.9 Å². The third kappa shape index (κ3) is 3.37. The van der Waals surface area contributed by atoms with Gasteiger partial charge in [-0.1, -0.05) is 18.2 Å². The van der Waals surface area contributed by atoms with E-state index in [-0.39, 0.29) is 11.9 Å². The lowest BCUT2D eigenvalue weighted by Gasteiger charge is -2.20. The first-order valence-corrected chi connectivity index (χ1v) is 8.49. The summed E-state index contributed by atoms with van der Waals surface area (Å²) in [6, 6.07) is 10.4. The van der Waals surface area contributed by atoms with E-state index in [9.17, 15) is 4.79 Å². The zero-order valence-electron chi connectivity index (χ0n) is 13.2. The Bertz CT molecular complexity index is 706. The second kappa shape index (κ2) is 6.28. The van der Waals surface area contributed by atoms with Crippen LogP contribution < -0.4 is 5.32 Å². The van der Waals surface area contributed by atoms with Crippen LogP contribution >= 0.6 is 0 Å². The average Bonchev–Trinajstić information content (AvgIpc) is 3.27. The molecule has 2 aromatic rings. The lowest BCUT2D eigenvalue weighted by molar-refractivity contribution is -0.122. The summed E-state index contributed by atoms with van der Waals surface area (Å²) < 4.78 is 5.65. The topological polar surface area (TPSA) is 51.2 Å². The van der Waals surface area contributed by atoms with Crippen molar-refractivity contribution in [3.05, 3.63) is 42.1 Å². The van der Waals surface area contributed by atoms with E-state index in [0.29, 0.717) is 31.5 Å². The van der Waals surface area contributed by atoms with Crippen LogP contribution in [0.3, 0.4) is 0 Å². The standard InChI is InChI=1S/C19H22N2O2/c22-19(9-13-5-6-13)21-18-12-23-11-15(18)10-14-7-8-20-17-4-2-1-3-16(14)17/h1-4,7-8,13,15,18H,5-6,9-12H2,(H,21,22)/t15-,18+/m1/s1. The molecule has 1 N–H and O–H groups in total. The number of benzene rings is 1. The summed E-state index contributed by atoms with van der Waals surface area (Å²) in [4.78, 5) is 16.5. The van der Waals surface area contributed by atoms with Gasteiger partial charge in [0.25, 0.3) is 0 Å². The number of carbonyl (C=O) groups is 1. The van der Waals surface area contributed by atoms with Gasteiger partial charge < -0.3 is 10.1 Å². The highest BCUT2D eigenvalue weighted by atomic mass is 16.5. The molecule has 1 saturated carbocycles. The van der Waals surface area contributed by atoms with Crippen LogP contribution in [0.4, 0.5) is 0 Å². The van der Waals surface area contributed by atoms with Gasteiger partial charge in [-0.15, -0.1) is 0 Å². The van der Waals surface area contributed by atoms with Crippen molar-refractivity contribution in [2.75, 3.05) is 13.2 Å². The van der Waals surface area contributed by atoms with Crippen molar-refractivity contribution in [3.63, 3.8) is 0 Å². The Morgan fingerprint density at radius 1 is 1.22 bits per heavy atom. The van der Waals surface area contributed by atoms with E-state index in [1.165, 1.54) is 23.8 Å². The molecule has 4 heteroatoms. The first kappa shape index (κ1) is 14.6. The smallest absolute Gasteiger partial charge is 0.220 e. The largest absolute Gasteiger partial charge is 0.379 e. The normalized spacial score (nSPS) is 24.0. The van der Waals surface area contributed by atoms with Crippen molar-refractivity contribution < 1.29 is 9.53 Å². The van der Waals surface area contributed by atoms with Crippen LogP contribution in [-0.4, -0.2) is 30.1 Å². The maximum Gasteiger partial charge on any atom is 0.220 e. The van der Waals surface area contributed by atoms with Crippen LogP contribution in [0.2, 0.25) is 0 Å². The second-order valence-electron chi connectivity index (χ2n) is 6.81. The monoisotopic (exact) mass is 310 g/mol. The fraction of sp³-hybridized carbons (Fsp3) is 0.474. The van der Waals surface area contributed by atoms with Crippen LogP contribution in [0.25, 0.3) is 10.9 Å². The summed E-state index contributed by atoms with van der Waals surface area (Å²) in [6.45, 7) is 1.34. The number of ether oxygens (including phenoxy) is 1. The molecule has 23 heavy (non-hydrogen) atoms. The first-order chi connectivity index (χ1) is 11.3. The molecule has 1 saturated heterocycles. The highest BCUT2D eigenvalue weighted by molar-refractivity contribution is 5.82. The third-order valence-corrected chi connectivity index (χ3v) is 4.94.